The highest BCUT2D eigenvalue weighted by molar-refractivity contribution is 5.92. The van der Waals surface area contributed by atoms with Gasteiger partial charge in [0, 0.05) is 6.92 Å². The first-order valence-corrected chi connectivity index (χ1v) is 15.9. The fraction of sp³-hybridized carbons (Fsp3) is 0.875. The molecule has 1 unspecified atom stereocenters. The first-order valence-electron chi connectivity index (χ1n) is 15.9. The normalized spacial score (nSPS) is 14.9. The Kier molecular flexibility index (Phi) is 21.4. The highest BCUT2D eigenvalue weighted by atomic mass is 16.6. The van der Waals surface area contributed by atoms with Gasteiger partial charge in [-0.3, -0.25) is 14.4 Å². The monoisotopic (exact) mass is 570 g/mol. The summed E-state index contributed by atoms with van der Waals surface area (Å²) in [4.78, 5) is 52.3. The molecule has 234 valence electrons. The third-order valence-corrected chi connectivity index (χ3v) is 7.20. The second-order valence-corrected chi connectivity index (χ2v) is 10.9. The average molecular weight is 571 g/mol. The van der Waals surface area contributed by atoms with E-state index in [1.165, 1.54) is 0 Å². The average Bonchev–Trinajstić information content (AvgIpc) is 2.90. The molecule has 4 atom stereocenters. The molecule has 0 radical (unpaired) electrons. The van der Waals surface area contributed by atoms with Gasteiger partial charge in [-0.15, -0.1) is 0 Å². The predicted octanol–water partition coefficient (Wildman–Crippen LogP) is 7.77. The maximum absolute atomic E-state index is 13.7. The summed E-state index contributed by atoms with van der Waals surface area (Å²) in [6.07, 6.45) is 10.4. The molecule has 0 saturated carbocycles. The van der Waals surface area contributed by atoms with E-state index in [4.69, 9.17) is 18.9 Å². The van der Waals surface area contributed by atoms with Crippen LogP contribution in [0.5, 0.6) is 0 Å². The molecule has 0 fully saturated rings. The Bertz CT molecular complexity index is 686. The molecule has 0 spiro atoms. The summed E-state index contributed by atoms with van der Waals surface area (Å²) < 4.78 is 22.7. The Hall–Kier alpha value is -2.12. The van der Waals surface area contributed by atoms with Gasteiger partial charge in [-0.2, -0.15) is 0 Å². The maximum Gasteiger partial charge on any atom is 0.352 e. The highest BCUT2D eigenvalue weighted by Gasteiger charge is 2.49. The summed E-state index contributed by atoms with van der Waals surface area (Å²) in [6.45, 7) is 13.2. The number of carbonyl (C=O) groups is 4. The Morgan fingerprint density at radius 1 is 0.550 bits per heavy atom. The van der Waals surface area contributed by atoms with Crippen molar-refractivity contribution in [3.63, 3.8) is 0 Å². The summed E-state index contributed by atoms with van der Waals surface area (Å²) in [5, 5.41) is 0. The second kappa shape index (κ2) is 22.6. The third kappa shape index (κ3) is 16.2. The Morgan fingerprint density at radius 2 is 0.900 bits per heavy atom. The van der Waals surface area contributed by atoms with Crippen molar-refractivity contribution in [2.24, 2.45) is 0 Å². The molecule has 0 bridgehead atoms. The maximum atomic E-state index is 13.7. The lowest BCUT2D eigenvalue weighted by Gasteiger charge is -2.32. The SMILES string of the molecule is CCCCC[C@@H](CC)OC(=O)CC(CC(=O)O[C@@H](CC)CCCCC)(OC(C)=O)C(=O)O[C@H](CC)CCCCC. The van der Waals surface area contributed by atoms with Crippen molar-refractivity contribution in [2.75, 3.05) is 0 Å². The molecule has 0 aromatic heterocycles. The van der Waals surface area contributed by atoms with Gasteiger partial charge in [0.15, 0.2) is 0 Å². The zero-order chi connectivity index (χ0) is 30.4. The quantitative estimate of drug-likeness (QED) is 0.0658. The lowest BCUT2D eigenvalue weighted by molar-refractivity contribution is -0.195. The van der Waals surface area contributed by atoms with E-state index in [-0.39, 0.29) is 12.2 Å². The third-order valence-electron chi connectivity index (χ3n) is 7.20. The smallest absolute Gasteiger partial charge is 0.352 e. The van der Waals surface area contributed by atoms with E-state index in [1.54, 1.807) is 0 Å². The lowest BCUT2D eigenvalue weighted by Crippen LogP contribution is -2.49. The van der Waals surface area contributed by atoms with Gasteiger partial charge in [-0.1, -0.05) is 80.1 Å². The van der Waals surface area contributed by atoms with Crippen LogP contribution >= 0.6 is 0 Å². The van der Waals surface area contributed by atoms with E-state index in [9.17, 15) is 19.2 Å². The predicted molar refractivity (Wildman–Crippen MR) is 157 cm³/mol. The molecule has 0 aliphatic rings. The van der Waals surface area contributed by atoms with Crippen LogP contribution < -0.4 is 0 Å². The van der Waals surface area contributed by atoms with Crippen LogP contribution in [-0.2, 0) is 38.1 Å². The molecule has 0 N–H and O–H groups in total. The van der Waals surface area contributed by atoms with Crippen LogP contribution in [0.25, 0.3) is 0 Å². The minimum absolute atomic E-state index is 0.322. The first-order chi connectivity index (χ1) is 19.1. The fourth-order valence-electron chi connectivity index (χ4n) is 4.68. The van der Waals surface area contributed by atoms with E-state index < -0.39 is 48.4 Å². The van der Waals surface area contributed by atoms with Crippen LogP contribution in [0.15, 0.2) is 0 Å². The van der Waals surface area contributed by atoms with Gasteiger partial charge in [0.1, 0.15) is 18.3 Å². The van der Waals surface area contributed by atoms with Gasteiger partial charge in [0.25, 0.3) is 0 Å². The minimum atomic E-state index is -2.15. The molecule has 40 heavy (non-hydrogen) atoms. The van der Waals surface area contributed by atoms with Crippen LogP contribution in [-0.4, -0.2) is 47.8 Å². The molecule has 0 aromatic carbocycles. The van der Waals surface area contributed by atoms with Gasteiger partial charge >= 0.3 is 23.9 Å². The Morgan fingerprint density at radius 3 is 1.20 bits per heavy atom. The summed E-state index contributed by atoms with van der Waals surface area (Å²) in [7, 11) is 0. The largest absolute Gasteiger partial charge is 0.462 e. The molecule has 8 heteroatoms. The molecule has 8 nitrogen and oxygen atoms in total. The molecule has 0 aliphatic heterocycles. The topological polar surface area (TPSA) is 105 Å². The van der Waals surface area contributed by atoms with Crippen molar-refractivity contribution >= 4 is 23.9 Å². The van der Waals surface area contributed by atoms with Crippen LogP contribution in [0.4, 0.5) is 0 Å². The highest BCUT2D eigenvalue weighted by Crippen LogP contribution is 2.29. The molecule has 0 aromatic rings. The van der Waals surface area contributed by atoms with Crippen LogP contribution in [0.2, 0.25) is 0 Å². The van der Waals surface area contributed by atoms with Crippen molar-refractivity contribution < 1.29 is 38.1 Å². The molecular weight excluding hydrogens is 512 g/mol. The number of rotatable bonds is 24. The fourth-order valence-corrected chi connectivity index (χ4v) is 4.68. The zero-order valence-electron chi connectivity index (χ0n) is 26.5. The zero-order valence-corrected chi connectivity index (χ0v) is 26.5. The van der Waals surface area contributed by atoms with Crippen molar-refractivity contribution in [3.8, 4) is 0 Å². The number of hydrogen-bond donors (Lipinski definition) is 0. The summed E-state index contributed by atoms with van der Waals surface area (Å²) in [6, 6.07) is 0. The van der Waals surface area contributed by atoms with Gasteiger partial charge in [-0.05, 0) is 57.8 Å². The molecule has 0 heterocycles. The Balaban J connectivity index is 6.01. The van der Waals surface area contributed by atoms with Gasteiger partial charge < -0.3 is 18.9 Å². The molecule has 0 amide bonds. The van der Waals surface area contributed by atoms with Crippen molar-refractivity contribution in [3.05, 3.63) is 0 Å². The molecular formula is C32H58O8. The number of esters is 4. The number of hydrogen-bond acceptors (Lipinski definition) is 8. The molecule has 0 rings (SSSR count). The van der Waals surface area contributed by atoms with Gasteiger partial charge in [0.2, 0.25) is 5.60 Å². The summed E-state index contributed by atoms with van der Waals surface area (Å²) in [5.74, 6) is -3.11. The standard InChI is InChI=1S/C32H58O8/c1-8-14-17-20-26(11-4)37-29(34)23-32(40-25(7)33,31(36)39-28(13-6)22-19-16-10-3)24-30(35)38-27(12-5)21-18-15-9-2/h26-28H,8-24H2,1-7H3/t26-,27+,28-,32?/m1/s1. The van der Waals surface area contributed by atoms with Crippen LogP contribution in [0.1, 0.15) is 158 Å². The van der Waals surface area contributed by atoms with Crippen LogP contribution in [0, 0.1) is 0 Å². The minimum Gasteiger partial charge on any atom is -0.462 e. The molecule has 0 saturated heterocycles. The van der Waals surface area contributed by atoms with Crippen molar-refractivity contribution in [2.45, 2.75) is 182 Å². The first kappa shape index (κ1) is 37.9. The van der Waals surface area contributed by atoms with Crippen molar-refractivity contribution in [1.29, 1.82) is 0 Å². The lowest BCUT2D eigenvalue weighted by atomic mass is 9.94. The van der Waals surface area contributed by atoms with Gasteiger partial charge in [-0.25, -0.2) is 4.79 Å². The second-order valence-electron chi connectivity index (χ2n) is 10.9. The van der Waals surface area contributed by atoms with E-state index in [2.05, 4.69) is 20.8 Å². The number of carbonyl (C=O) groups excluding carboxylic acids is 4. The van der Waals surface area contributed by atoms with E-state index in [0.29, 0.717) is 38.5 Å². The molecule has 0 aliphatic carbocycles. The number of ether oxygens (including phenoxy) is 4. The van der Waals surface area contributed by atoms with E-state index in [1.807, 2.05) is 20.8 Å². The van der Waals surface area contributed by atoms with Crippen molar-refractivity contribution in [1.82, 2.24) is 0 Å². The number of unbranched alkanes of at least 4 members (excludes halogenated alkanes) is 6. The summed E-state index contributed by atoms with van der Waals surface area (Å²) in [5.41, 5.74) is -2.15. The van der Waals surface area contributed by atoms with Crippen LogP contribution in [0.3, 0.4) is 0 Å². The van der Waals surface area contributed by atoms with E-state index >= 15 is 0 Å². The van der Waals surface area contributed by atoms with Gasteiger partial charge in [0.05, 0.1) is 12.8 Å². The van der Waals surface area contributed by atoms with E-state index in [0.717, 1.165) is 64.7 Å². The summed E-state index contributed by atoms with van der Waals surface area (Å²) >= 11 is 0. The Labute approximate surface area is 243 Å².